The lowest BCUT2D eigenvalue weighted by atomic mass is 9.94. The summed E-state index contributed by atoms with van der Waals surface area (Å²) in [5.74, 6) is -1.44. The van der Waals surface area contributed by atoms with Crippen LogP contribution in [0.2, 0.25) is 0 Å². The average molecular weight is 248 g/mol. The van der Waals surface area contributed by atoms with Crippen molar-refractivity contribution in [2.75, 3.05) is 5.32 Å². The number of nitriles is 1. The molecule has 0 radical (unpaired) electrons. The van der Waals surface area contributed by atoms with Crippen LogP contribution >= 0.6 is 0 Å². The van der Waals surface area contributed by atoms with Gasteiger partial charge in [-0.2, -0.15) is 5.26 Å². The molecule has 18 heavy (non-hydrogen) atoms. The monoisotopic (exact) mass is 248 g/mol. The molecule has 0 aliphatic rings. The number of amides is 1. The Hall–Kier alpha value is -2.22. The molecule has 0 unspecified atom stereocenters. The average Bonchev–Trinajstić information content (AvgIpc) is 2.28. The Morgan fingerprint density at radius 3 is 2.50 bits per heavy atom. The summed E-state index contributed by atoms with van der Waals surface area (Å²) < 4.78 is 13.1. The normalized spacial score (nSPS) is 10.6. The highest BCUT2D eigenvalue weighted by molar-refractivity contribution is 6.05. The number of halogens is 1. The molecule has 0 saturated carbocycles. The highest BCUT2D eigenvalue weighted by atomic mass is 19.1. The van der Waals surface area contributed by atoms with E-state index in [2.05, 4.69) is 5.32 Å². The summed E-state index contributed by atoms with van der Waals surface area (Å²) in [6.07, 6.45) is 0. The molecule has 0 saturated heterocycles. The summed E-state index contributed by atoms with van der Waals surface area (Å²) >= 11 is 0. The van der Waals surface area contributed by atoms with Gasteiger partial charge < -0.3 is 5.32 Å². The Morgan fingerprint density at radius 1 is 1.39 bits per heavy atom. The van der Waals surface area contributed by atoms with E-state index in [0.29, 0.717) is 0 Å². The first kappa shape index (κ1) is 13.8. The van der Waals surface area contributed by atoms with E-state index in [0.717, 1.165) is 12.1 Å². The fourth-order valence-electron chi connectivity index (χ4n) is 1.26. The molecule has 1 rings (SSSR count). The number of nitrogens with zero attached hydrogens (tertiary/aromatic N) is 1. The van der Waals surface area contributed by atoms with Crippen molar-refractivity contribution in [1.29, 1.82) is 5.26 Å². The second-order valence-electron chi connectivity index (χ2n) is 4.44. The van der Waals surface area contributed by atoms with Crippen LogP contribution in [0.3, 0.4) is 0 Å². The highest BCUT2D eigenvalue weighted by Gasteiger charge is 2.28. The van der Waals surface area contributed by atoms with Crippen molar-refractivity contribution >= 4 is 17.4 Å². The lowest BCUT2D eigenvalue weighted by Gasteiger charge is -2.16. The number of rotatable bonds is 3. The number of nitrogens with one attached hydrogen (secondary N) is 1. The first-order valence-corrected chi connectivity index (χ1v) is 5.31. The molecular formula is C13H13FN2O2. The number of benzene rings is 1. The summed E-state index contributed by atoms with van der Waals surface area (Å²) in [4.78, 5) is 23.1. The van der Waals surface area contributed by atoms with Crippen LogP contribution in [-0.4, -0.2) is 11.7 Å². The lowest BCUT2D eigenvalue weighted by molar-refractivity contribution is -0.121. The Balaban J connectivity index is 3.12. The van der Waals surface area contributed by atoms with Crippen LogP contribution in [0.1, 0.15) is 31.1 Å². The summed E-state index contributed by atoms with van der Waals surface area (Å²) in [5.41, 5.74) is -0.963. The summed E-state index contributed by atoms with van der Waals surface area (Å²) in [7, 11) is 0. The lowest BCUT2D eigenvalue weighted by Crippen LogP contribution is -2.29. The fraction of sp³-hybridized carbons (Fsp3) is 0.308. The van der Waals surface area contributed by atoms with Crippen LogP contribution in [0.4, 0.5) is 10.1 Å². The number of Topliss-reactive ketones (excluding diaryl/α,β-unsaturated/α-hetero) is 1. The Labute approximate surface area is 104 Å². The minimum Gasteiger partial charge on any atom is -0.324 e. The van der Waals surface area contributed by atoms with Crippen LogP contribution in [0, 0.1) is 22.6 Å². The number of anilines is 1. The predicted molar refractivity (Wildman–Crippen MR) is 64.4 cm³/mol. The maximum atomic E-state index is 13.1. The molecule has 0 fully saturated rings. The third kappa shape index (κ3) is 2.92. The molecule has 0 atom stereocenters. The van der Waals surface area contributed by atoms with Gasteiger partial charge in [0.05, 0.1) is 11.8 Å². The van der Waals surface area contributed by atoms with Gasteiger partial charge in [-0.3, -0.25) is 9.59 Å². The van der Waals surface area contributed by atoms with Crippen molar-refractivity contribution in [3.05, 3.63) is 29.6 Å². The van der Waals surface area contributed by atoms with Crippen molar-refractivity contribution in [2.45, 2.75) is 20.8 Å². The molecule has 0 bridgehead atoms. The van der Waals surface area contributed by atoms with Gasteiger partial charge in [0.2, 0.25) is 5.91 Å². The van der Waals surface area contributed by atoms with Gasteiger partial charge in [-0.15, -0.1) is 0 Å². The van der Waals surface area contributed by atoms with Gasteiger partial charge in [-0.1, -0.05) is 0 Å². The topological polar surface area (TPSA) is 70.0 Å². The Morgan fingerprint density at radius 2 is 2.00 bits per heavy atom. The van der Waals surface area contributed by atoms with Gasteiger partial charge in [-0.25, -0.2) is 4.39 Å². The second kappa shape index (κ2) is 4.96. The summed E-state index contributed by atoms with van der Waals surface area (Å²) in [5, 5.41) is 11.2. The van der Waals surface area contributed by atoms with Gasteiger partial charge in [0.1, 0.15) is 11.2 Å². The number of hydrogen-bond acceptors (Lipinski definition) is 3. The standard InChI is InChI=1S/C13H13FN2O2/c1-8(17)10-5-4-9(14)6-11(10)16-12(18)13(2,3)7-15/h4-6H,1-3H3,(H,16,18). The highest BCUT2D eigenvalue weighted by Crippen LogP contribution is 2.22. The molecule has 0 aliphatic heterocycles. The van der Waals surface area contributed by atoms with Crippen molar-refractivity contribution in [3.63, 3.8) is 0 Å². The fourth-order valence-corrected chi connectivity index (χ4v) is 1.26. The zero-order chi connectivity index (χ0) is 13.9. The third-order valence-corrected chi connectivity index (χ3v) is 2.46. The van der Waals surface area contributed by atoms with Gasteiger partial charge >= 0.3 is 0 Å². The SMILES string of the molecule is CC(=O)c1ccc(F)cc1NC(=O)C(C)(C)C#N. The first-order chi connectivity index (χ1) is 8.27. The minimum atomic E-state index is -1.25. The predicted octanol–water partition coefficient (Wildman–Crippen LogP) is 2.52. The number of hydrogen-bond donors (Lipinski definition) is 1. The number of ketones is 1. The first-order valence-electron chi connectivity index (χ1n) is 5.31. The van der Waals surface area contributed by atoms with E-state index >= 15 is 0 Å². The van der Waals surface area contributed by atoms with E-state index < -0.39 is 17.1 Å². The van der Waals surface area contributed by atoms with Crippen molar-refractivity contribution in [3.8, 4) is 6.07 Å². The van der Waals surface area contributed by atoms with E-state index in [-0.39, 0.29) is 17.0 Å². The van der Waals surface area contributed by atoms with Crippen molar-refractivity contribution in [1.82, 2.24) is 0 Å². The van der Waals surface area contributed by atoms with Crippen LogP contribution < -0.4 is 5.32 Å². The molecule has 1 N–H and O–H groups in total. The molecule has 1 aromatic carbocycles. The molecule has 0 spiro atoms. The van der Waals surface area contributed by atoms with E-state index in [4.69, 9.17) is 5.26 Å². The quantitative estimate of drug-likeness (QED) is 0.835. The molecule has 94 valence electrons. The largest absolute Gasteiger partial charge is 0.324 e. The van der Waals surface area contributed by atoms with E-state index in [1.54, 1.807) is 0 Å². The maximum absolute atomic E-state index is 13.1. The van der Waals surface area contributed by atoms with Crippen LogP contribution in [0.25, 0.3) is 0 Å². The molecule has 1 amide bonds. The molecular weight excluding hydrogens is 235 g/mol. The smallest absolute Gasteiger partial charge is 0.244 e. The molecule has 5 heteroatoms. The number of carbonyl (C=O) groups excluding carboxylic acids is 2. The van der Waals surface area contributed by atoms with Crippen LogP contribution in [0.15, 0.2) is 18.2 Å². The van der Waals surface area contributed by atoms with Gasteiger partial charge in [-0.05, 0) is 39.0 Å². The van der Waals surface area contributed by atoms with E-state index in [1.807, 2.05) is 6.07 Å². The second-order valence-corrected chi connectivity index (χ2v) is 4.44. The number of carbonyl (C=O) groups is 2. The molecule has 0 aromatic heterocycles. The van der Waals surface area contributed by atoms with Gasteiger partial charge in [0.25, 0.3) is 0 Å². The van der Waals surface area contributed by atoms with E-state index in [1.165, 1.54) is 26.8 Å². The zero-order valence-corrected chi connectivity index (χ0v) is 10.4. The maximum Gasteiger partial charge on any atom is 0.244 e. The van der Waals surface area contributed by atoms with Crippen LogP contribution in [0.5, 0.6) is 0 Å². The van der Waals surface area contributed by atoms with E-state index in [9.17, 15) is 14.0 Å². The molecule has 0 heterocycles. The molecule has 0 aliphatic carbocycles. The van der Waals surface area contributed by atoms with Crippen molar-refractivity contribution in [2.24, 2.45) is 5.41 Å². The minimum absolute atomic E-state index is 0.0795. The summed E-state index contributed by atoms with van der Waals surface area (Å²) in [6, 6.07) is 5.33. The zero-order valence-electron chi connectivity index (χ0n) is 10.4. The van der Waals surface area contributed by atoms with Crippen LogP contribution in [-0.2, 0) is 4.79 Å². The van der Waals surface area contributed by atoms with Gasteiger partial charge in [0, 0.05) is 5.56 Å². The summed E-state index contributed by atoms with van der Waals surface area (Å²) in [6.45, 7) is 4.20. The molecule has 1 aromatic rings. The van der Waals surface area contributed by atoms with Crippen molar-refractivity contribution < 1.29 is 14.0 Å². The third-order valence-electron chi connectivity index (χ3n) is 2.46. The van der Waals surface area contributed by atoms with Gasteiger partial charge in [0.15, 0.2) is 5.78 Å². The molecule has 4 nitrogen and oxygen atoms in total. The Bertz CT molecular complexity index is 544. The Kier molecular flexibility index (Phi) is 3.82.